The Hall–Kier alpha value is -0.650. The van der Waals surface area contributed by atoms with Gasteiger partial charge in [0.1, 0.15) is 0 Å². The van der Waals surface area contributed by atoms with E-state index >= 15 is 0 Å². The van der Waals surface area contributed by atoms with Crippen molar-refractivity contribution in [3.8, 4) is 0 Å². The average Bonchev–Trinajstić information content (AvgIpc) is 3.01. The van der Waals surface area contributed by atoms with Crippen LogP contribution in [0.25, 0.3) is 0 Å². The molecule has 0 amide bonds. The van der Waals surface area contributed by atoms with Gasteiger partial charge < -0.3 is 5.32 Å². The largest absolute Gasteiger partial charge is 0.305 e. The van der Waals surface area contributed by atoms with Crippen LogP contribution in [0.5, 0.6) is 0 Å². The Kier molecular flexibility index (Phi) is 4.29. The van der Waals surface area contributed by atoms with Gasteiger partial charge in [0.2, 0.25) is 0 Å². The smallest absolute Gasteiger partial charge is 0.0853 e. The number of halogens is 1. The second-order valence-electron chi connectivity index (χ2n) is 5.30. The molecule has 1 aliphatic rings. The monoisotopic (exact) mass is 353 g/mol. The molecule has 2 aromatic heterocycles. The van der Waals surface area contributed by atoms with Crippen LogP contribution >= 0.6 is 27.3 Å². The molecule has 0 spiro atoms. The first-order chi connectivity index (χ1) is 9.70. The second kappa shape index (κ2) is 6.00. The van der Waals surface area contributed by atoms with Gasteiger partial charge in [0.25, 0.3) is 0 Å². The Morgan fingerprint density at radius 2 is 2.25 bits per heavy atom. The highest BCUT2D eigenvalue weighted by molar-refractivity contribution is 9.10. The molecule has 0 aromatic carbocycles. The zero-order valence-electron chi connectivity index (χ0n) is 11.9. The summed E-state index contributed by atoms with van der Waals surface area (Å²) < 4.78 is 3.05. The molecule has 3 rings (SSSR count). The molecule has 0 fully saturated rings. The van der Waals surface area contributed by atoms with Crippen LogP contribution in [0.1, 0.15) is 46.8 Å². The van der Waals surface area contributed by atoms with Crippen molar-refractivity contribution in [1.82, 2.24) is 15.1 Å². The van der Waals surface area contributed by atoms with Crippen LogP contribution in [-0.4, -0.2) is 16.3 Å². The van der Waals surface area contributed by atoms with E-state index in [2.05, 4.69) is 39.3 Å². The Morgan fingerprint density at radius 1 is 1.45 bits per heavy atom. The topological polar surface area (TPSA) is 29.9 Å². The number of nitrogens with zero attached hydrogens (tertiary/aromatic N) is 2. The lowest BCUT2D eigenvalue weighted by Crippen LogP contribution is -2.23. The van der Waals surface area contributed by atoms with Crippen molar-refractivity contribution in [2.45, 2.75) is 38.6 Å². The van der Waals surface area contributed by atoms with Gasteiger partial charge in [-0.05, 0) is 59.8 Å². The van der Waals surface area contributed by atoms with Gasteiger partial charge in [-0.25, -0.2) is 0 Å². The fourth-order valence-electron chi connectivity index (χ4n) is 2.94. The summed E-state index contributed by atoms with van der Waals surface area (Å²) in [5.41, 5.74) is 2.78. The van der Waals surface area contributed by atoms with Crippen molar-refractivity contribution < 1.29 is 0 Å². The average molecular weight is 354 g/mol. The van der Waals surface area contributed by atoms with Crippen LogP contribution < -0.4 is 5.32 Å². The van der Waals surface area contributed by atoms with Crippen LogP contribution in [0, 0.1) is 0 Å². The van der Waals surface area contributed by atoms with Gasteiger partial charge in [-0.1, -0.05) is 6.92 Å². The highest BCUT2D eigenvalue weighted by atomic mass is 79.9. The third-order valence-corrected chi connectivity index (χ3v) is 5.83. The summed E-state index contributed by atoms with van der Waals surface area (Å²) in [4.78, 5) is 3.01. The first-order valence-corrected chi connectivity index (χ1v) is 8.84. The van der Waals surface area contributed by atoms with Crippen LogP contribution in [0.3, 0.4) is 0 Å². The number of thiophene rings is 1. The zero-order valence-corrected chi connectivity index (χ0v) is 14.4. The van der Waals surface area contributed by atoms with E-state index in [0.717, 1.165) is 11.0 Å². The molecule has 1 unspecified atom stereocenters. The first-order valence-electron chi connectivity index (χ1n) is 7.23. The van der Waals surface area contributed by atoms with E-state index in [9.17, 15) is 0 Å². The summed E-state index contributed by atoms with van der Waals surface area (Å²) in [5.74, 6) is 0. The van der Waals surface area contributed by atoms with E-state index in [0.29, 0.717) is 0 Å². The van der Waals surface area contributed by atoms with Gasteiger partial charge in [-0.3, -0.25) is 4.68 Å². The molecule has 1 aliphatic carbocycles. The van der Waals surface area contributed by atoms with E-state index in [4.69, 9.17) is 0 Å². The van der Waals surface area contributed by atoms with Crippen LogP contribution in [0.4, 0.5) is 0 Å². The maximum atomic E-state index is 4.36. The summed E-state index contributed by atoms with van der Waals surface area (Å²) in [6.07, 6.45) is 7.06. The maximum Gasteiger partial charge on any atom is 0.0853 e. The first kappa shape index (κ1) is 14.3. The molecule has 0 saturated carbocycles. The quantitative estimate of drug-likeness (QED) is 0.905. The van der Waals surface area contributed by atoms with Gasteiger partial charge >= 0.3 is 0 Å². The van der Waals surface area contributed by atoms with Crippen LogP contribution in [0.15, 0.2) is 16.7 Å². The van der Waals surface area contributed by atoms with Crippen molar-refractivity contribution in [2.75, 3.05) is 6.54 Å². The number of aromatic nitrogens is 2. The number of rotatable bonds is 4. The number of aryl methyl sites for hydroxylation is 3. The lowest BCUT2D eigenvalue weighted by Gasteiger charge is -2.17. The minimum atomic E-state index is 0.234. The number of hydrogen-bond donors (Lipinski definition) is 1. The fourth-order valence-corrected chi connectivity index (χ4v) is 4.85. The molecule has 0 bridgehead atoms. The third kappa shape index (κ3) is 2.59. The number of hydrogen-bond acceptors (Lipinski definition) is 3. The maximum absolute atomic E-state index is 4.36. The number of nitrogens with one attached hydrogen (secondary N) is 1. The predicted octanol–water partition coefficient (Wildman–Crippen LogP) is 3.82. The van der Waals surface area contributed by atoms with Crippen LogP contribution in [-0.2, 0) is 19.9 Å². The van der Waals surface area contributed by atoms with E-state index in [-0.39, 0.29) is 6.04 Å². The van der Waals surface area contributed by atoms with Crippen molar-refractivity contribution in [3.63, 3.8) is 0 Å². The molecular weight excluding hydrogens is 334 g/mol. The van der Waals surface area contributed by atoms with Crippen LogP contribution in [0.2, 0.25) is 0 Å². The molecular formula is C15H20BrN3S. The van der Waals surface area contributed by atoms with Gasteiger partial charge in [0.05, 0.1) is 22.4 Å². The van der Waals surface area contributed by atoms with E-state index in [1.165, 1.54) is 36.3 Å². The highest BCUT2D eigenvalue weighted by Gasteiger charge is 2.24. The summed E-state index contributed by atoms with van der Waals surface area (Å²) >= 11 is 5.61. The zero-order chi connectivity index (χ0) is 14.1. The summed E-state index contributed by atoms with van der Waals surface area (Å²) in [5, 5.41) is 7.97. The Bertz CT molecular complexity index is 559. The molecule has 1 N–H and O–H groups in total. The molecule has 5 heteroatoms. The second-order valence-corrected chi connectivity index (χ2v) is 7.32. The van der Waals surface area contributed by atoms with Gasteiger partial charge in [-0.2, -0.15) is 5.10 Å². The minimum absolute atomic E-state index is 0.234. The molecule has 0 radical (unpaired) electrons. The van der Waals surface area contributed by atoms with Gasteiger partial charge in [0, 0.05) is 16.8 Å². The van der Waals surface area contributed by atoms with E-state index in [1.807, 2.05) is 29.3 Å². The molecule has 1 atom stereocenters. The Labute approximate surface area is 132 Å². The van der Waals surface area contributed by atoms with Gasteiger partial charge in [0.15, 0.2) is 0 Å². The summed E-state index contributed by atoms with van der Waals surface area (Å²) in [6, 6.07) is 2.64. The summed E-state index contributed by atoms with van der Waals surface area (Å²) in [7, 11) is 2.01. The molecule has 20 heavy (non-hydrogen) atoms. The lowest BCUT2D eigenvalue weighted by molar-refractivity contribution is 0.577. The Morgan fingerprint density at radius 3 is 2.90 bits per heavy atom. The molecule has 2 aromatic rings. The SMILES string of the molecule is CCNC(c1cc2c(s1)CCCC2)c1c(Br)cnn1C. The van der Waals surface area contributed by atoms with Crippen molar-refractivity contribution >= 4 is 27.3 Å². The van der Waals surface area contributed by atoms with E-state index in [1.54, 1.807) is 10.4 Å². The van der Waals surface area contributed by atoms with Crippen molar-refractivity contribution in [1.29, 1.82) is 0 Å². The molecule has 0 aliphatic heterocycles. The van der Waals surface area contributed by atoms with Gasteiger partial charge in [-0.15, -0.1) is 11.3 Å². The third-order valence-electron chi connectivity index (χ3n) is 3.92. The molecule has 108 valence electrons. The Balaban J connectivity index is 2.00. The fraction of sp³-hybridized carbons (Fsp3) is 0.533. The number of fused-ring (bicyclic) bond motifs is 1. The normalized spacial score (nSPS) is 16.1. The predicted molar refractivity (Wildman–Crippen MR) is 87.4 cm³/mol. The van der Waals surface area contributed by atoms with Crippen molar-refractivity contribution in [2.24, 2.45) is 7.05 Å². The standard InChI is InChI=1S/C15H20BrN3S/c1-3-17-14(15-11(16)9-18-19(15)2)13-8-10-6-4-5-7-12(10)20-13/h8-9,14,17H,3-7H2,1-2H3. The van der Waals surface area contributed by atoms with E-state index < -0.39 is 0 Å². The highest BCUT2D eigenvalue weighted by Crippen LogP contribution is 2.37. The molecule has 2 heterocycles. The molecule has 0 saturated heterocycles. The molecule has 3 nitrogen and oxygen atoms in total. The minimum Gasteiger partial charge on any atom is -0.305 e. The van der Waals surface area contributed by atoms with Crippen molar-refractivity contribution in [3.05, 3.63) is 37.7 Å². The summed E-state index contributed by atoms with van der Waals surface area (Å²) in [6.45, 7) is 3.11. The lowest BCUT2D eigenvalue weighted by atomic mass is 9.98.